The Morgan fingerprint density at radius 3 is 2.45 bits per heavy atom. The Morgan fingerprint density at radius 2 is 1.66 bits per heavy atom. The van der Waals surface area contributed by atoms with Gasteiger partial charge in [0.25, 0.3) is 0 Å². The topological polar surface area (TPSA) is 21.7 Å². The van der Waals surface area contributed by atoms with Gasteiger partial charge in [0.2, 0.25) is 0 Å². The fourth-order valence-electron chi connectivity index (χ4n) is 3.62. The molecule has 29 heavy (non-hydrogen) atoms. The van der Waals surface area contributed by atoms with Crippen molar-refractivity contribution in [3.63, 3.8) is 0 Å². The van der Waals surface area contributed by atoms with Gasteiger partial charge in [-0.05, 0) is 48.2 Å². The van der Waals surface area contributed by atoms with Crippen LogP contribution in [0.5, 0.6) is 11.5 Å². The zero-order valence-corrected chi connectivity index (χ0v) is 17.5. The number of hydrogen-bond acceptors (Lipinski definition) is 3. The van der Waals surface area contributed by atoms with Crippen molar-refractivity contribution in [3.05, 3.63) is 95.1 Å². The van der Waals surface area contributed by atoms with E-state index >= 15 is 0 Å². The van der Waals surface area contributed by atoms with Crippen LogP contribution in [0.15, 0.2) is 72.8 Å². The highest BCUT2D eigenvalue weighted by Gasteiger charge is 2.20. The van der Waals surface area contributed by atoms with Crippen molar-refractivity contribution in [2.24, 2.45) is 0 Å². The molecule has 0 amide bonds. The lowest BCUT2D eigenvalue weighted by molar-refractivity contribution is 0.269. The summed E-state index contributed by atoms with van der Waals surface area (Å²) in [5, 5.41) is 0. The molecule has 148 valence electrons. The lowest BCUT2D eigenvalue weighted by atomic mass is 9.99. The molecule has 1 heterocycles. The van der Waals surface area contributed by atoms with Gasteiger partial charge < -0.3 is 14.4 Å². The van der Waals surface area contributed by atoms with Gasteiger partial charge in [0, 0.05) is 18.7 Å². The zero-order chi connectivity index (χ0) is 20.1. The van der Waals surface area contributed by atoms with Gasteiger partial charge in [0.15, 0.2) is 11.5 Å². The van der Waals surface area contributed by atoms with E-state index in [9.17, 15) is 0 Å². The smallest absolute Gasteiger partial charge is 0.161 e. The summed E-state index contributed by atoms with van der Waals surface area (Å²) in [6, 6.07) is 24.7. The summed E-state index contributed by atoms with van der Waals surface area (Å²) in [6.45, 7) is 4.85. The number of hydrogen-bond donors (Lipinski definition) is 0. The second kappa shape index (κ2) is 9.10. The Labute approximate surface area is 177 Å². The van der Waals surface area contributed by atoms with Crippen molar-refractivity contribution in [2.45, 2.75) is 26.5 Å². The summed E-state index contributed by atoms with van der Waals surface area (Å²) in [5.74, 6) is 1.48. The van der Waals surface area contributed by atoms with E-state index in [4.69, 9.17) is 21.7 Å². The van der Waals surface area contributed by atoms with Crippen LogP contribution in [0.4, 0.5) is 0 Å². The molecular weight excluding hydrogens is 378 g/mol. The molecule has 3 nitrogen and oxygen atoms in total. The normalized spacial score (nSPS) is 12.9. The molecule has 4 rings (SSSR count). The molecular formula is C25H25NO2S. The van der Waals surface area contributed by atoms with E-state index in [1.807, 2.05) is 43.3 Å². The van der Waals surface area contributed by atoms with Gasteiger partial charge in [0.1, 0.15) is 11.6 Å². The summed E-state index contributed by atoms with van der Waals surface area (Å²) < 4.78 is 11.9. The van der Waals surface area contributed by atoms with E-state index in [-0.39, 0.29) is 0 Å². The average molecular weight is 404 g/mol. The van der Waals surface area contributed by atoms with Crippen molar-refractivity contribution < 1.29 is 9.47 Å². The summed E-state index contributed by atoms with van der Waals surface area (Å²) in [7, 11) is 0. The zero-order valence-electron chi connectivity index (χ0n) is 16.6. The molecule has 0 unspecified atom stereocenters. The van der Waals surface area contributed by atoms with E-state index in [1.165, 1.54) is 11.1 Å². The van der Waals surface area contributed by atoms with Crippen LogP contribution in [0.25, 0.3) is 0 Å². The highest BCUT2D eigenvalue weighted by molar-refractivity contribution is 7.80. The van der Waals surface area contributed by atoms with Crippen LogP contribution < -0.4 is 9.47 Å². The maximum atomic E-state index is 6.02. The number of benzene rings is 3. The molecule has 0 fully saturated rings. The minimum Gasteiger partial charge on any atom is -0.490 e. The average Bonchev–Trinajstić information content (AvgIpc) is 2.78. The van der Waals surface area contributed by atoms with Gasteiger partial charge in [-0.15, -0.1) is 0 Å². The summed E-state index contributed by atoms with van der Waals surface area (Å²) in [4.78, 5) is 3.13. The van der Waals surface area contributed by atoms with Crippen LogP contribution in [0.1, 0.15) is 29.2 Å². The third kappa shape index (κ3) is 4.60. The Hall–Kier alpha value is -2.85. The van der Waals surface area contributed by atoms with Gasteiger partial charge >= 0.3 is 0 Å². The first kappa shape index (κ1) is 19.5. The quantitative estimate of drug-likeness (QED) is 0.514. The molecule has 0 saturated heterocycles. The third-order valence-corrected chi connectivity index (χ3v) is 5.64. The lowest BCUT2D eigenvalue weighted by Crippen LogP contribution is -2.35. The van der Waals surface area contributed by atoms with E-state index < -0.39 is 0 Å². The first-order valence-electron chi connectivity index (χ1n) is 10.0. The maximum Gasteiger partial charge on any atom is 0.161 e. The second-order valence-corrected chi connectivity index (χ2v) is 7.50. The van der Waals surface area contributed by atoms with E-state index in [2.05, 4.69) is 41.3 Å². The summed E-state index contributed by atoms with van der Waals surface area (Å²) >= 11 is 5.83. The predicted octanol–water partition coefficient (Wildman–Crippen LogP) is 5.40. The van der Waals surface area contributed by atoms with Crippen LogP contribution in [0.3, 0.4) is 0 Å². The maximum absolute atomic E-state index is 6.02. The molecule has 1 aliphatic heterocycles. The Bertz CT molecular complexity index is 987. The van der Waals surface area contributed by atoms with E-state index in [1.54, 1.807) is 0 Å². The second-order valence-electron chi connectivity index (χ2n) is 7.11. The molecule has 0 radical (unpaired) electrons. The first-order chi connectivity index (χ1) is 14.2. The molecule has 0 atom stereocenters. The molecule has 4 heteroatoms. The van der Waals surface area contributed by atoms with Gasteiger partial charge in [-0.1, -0.05) is 66.8 Å². The molecule has 0 aromatic heterocycles. The van der Waals surface area contributed by atoms with Crippen LogP contribution >= 0.6 is 12.2 Å². The highest BCUT2D eigenvalue weighted by Crippen LogP contribution is 2.31. The molecule has 0 saturated carbocycles. The van der Waals surface area contributed by atoms with Crippen molar-refractivity contribution in [3.8, 4) is 11.5 Å². The van der Waals surface area contributed by atoms with Gasteiger partial charge in [-0.25, -0.2) is 0 Å². The Morgan fingerprint density at radius 1 is 0.897 bits per heavy atom. The van der Waals surface area contributed by atoms with Crippen molar-refractivity contribution in [1.82, 2.24) is 4.90 Å². The first-order valence-corrected chi connectivity index (χ1v) is 10.4. The molecule has 1 aliphatic rings. The molecule has 0 spiro atoms. The van der Waals surface area contributed by atoms with Crippen LogP contribution in [-0.4, -0.2) is 23.0 Å². The lowest BCUT2D eigenvalue weighted by Gasteiger charge is -2.31. The third-order valence-electron chi connectivity index (χ3n) is 5.15. The van der Waals surface area contributed by atoms with Crippen molar-refractivity contribution in [1.29, 1.82) is 0 Å². The van der Waals surface area contributed by atoms with E-state index in [0.29, 0.717) is 13.2 Å². The van der Waals surface area contributed by atoms with Gasteiger partial charge in [-0.2, -0.15) is 0 Å². The van der Waals surface area contributed by atoms with E-state index in [0.717, 1.165) is 47.1 Å². The van der Waals surface area contributed by atoms with Gasteiger partial charge in [-0.3, -0.25) is 0 Å². The molecule has 0 N–H and O–H groups in total. The number of fused-ring (bicyclic) bond motifs is 1. The monoisotopic (exact) mass is 403 g/mol. The van der Waals surface area contributed by atoms with Crippen LogP contribution in [-0.2, 0) is 19.6 Å². The summed E-state index contributed by atoms with van der Waals surface area (Å²) in [5.41, 5.74) is 4.90. The van der Waals surface area contributed by atoms with Crippen LogP contribution in [0, 0.1) is 0 Å². The van der Waals surface area contributed by atoms with Crippen LogP contribution in [0.2, 0.25) is 0 Å². The standard InChI is InChI=1S/C25H25NO2S/c1-2-27-24-16-21(12-13-23(24)28-18-19-8-4-3-5-9-19)25(29)26-15-14-20-10-6-7-11-22(20)17-26/h3-13,16H,2,14-15,17-18H2,1H3. The minimum atomic E-state index is 0.508. The van der Waals surface area contributed by atoms with Gasteiger partial charge in [0.05, 0.1) is 6.61 Å². The fourth-order valence-corrected chi connectivity index (χ4v) is 3.90. The van der Waals surface area contributed by atoms with Crippen molar-refractivity contribution in [2.75, 3.05) is 13.2 Å². The summed E-state index contributed by atoms with van der Waals surface area (Å²) in [6.07, 6.45) is 1.02. The molecule has 0 bridgehead atoms. The number of thiocarbonyl (C=S) groups is 1. The fraction of sp³-hybridized carbons (Fsp3) is 0.240. The number of rotatable bonds is 6. The highest BCUT2D eigenvalue weighted by atomic mass is 32.1. The van der Waals surface area contributed by atoms with Crippen molar-refractivity contribution >= 4 is 17.2 Å². The predicted molar refractivity (Wildman–Crippen MR) is 121 cm³/mol. The minimum absolute atomic E-state index is 0.508. The molecule has 3 aromatic carbocycles. The molecule has 0 aliphatic carbocycles. The Kier molecular flexibility index (Phi) is 6.11. The largest absolute Gasteiger partial charge is 0.490 e. The number of ether oxygens (including phenoxy) is 2. The Balaban J connectivity index is 1.50. The number of nitrogens with zero attached hydrogens (tertiary/aromatic N) is 1. The molecule has 3 aromatic rings. The SMILES string of the molecule is CCOc1cc(C(=S)N2CCc3ccccc3C2)ccc1OCc1ccccc1.